The molecule has 9 heteroatoms. The second-order valence-electron chi connectivity index (χ2n) is 9.15. The Balaban J connectivity index is 1.11. The van der Waals surface area contributed by atoms with E-state index in [-0.39, 0.29) is 59.3 Å². The van der Waals surface area contributed by atoms with Gasteiger partial charge in [0.1, 0.15) is 18.2 Å². The quantitative estimate of drug-likeness (QED) is 0.671. The lowest BCUT2D eigenvalue weighted by Crippen LogP contribution is -2.56. The third-order valence-electron chi connectivity index (χ3n) is 6.88. The third kappa shape index (κ3) is 5.33. The number of hydrogen-bond acceptors (Lipinski definition) is 5. The molecule has 1 N–H and O–H groups in total. The molecule has 0 atom stereocenters. The van der Waals surface area contributed by atoms with Crippen molar-refractivity contribution in [1.29, 1.82) is 5.26 Å². The number of likely N-dealkylation sites (tertiary alicyclic amines) is 1. The van der Waals surface area contributed by atoms with Crippen LogP contribution in [0.25, 0.3) is 0 Å². The van der Waals surface area contributed by atoms with Crippen LogP contribution in [0.15, 0.2) is 18.2 Å². The Morgan fingerprint density at radius 1 is 1.25 bits per heavy atom. The molecule has 2 saturated carbocycles. The molecule has 1 aromatic carbocycles. The van der Waals surface area contributed by atoms with Gasteiger partial charge in [0.15, 0.2) is 6.61 Å². The van der Waals surface area contributed by atoms with Gasteiger partial charge in [0, 0.05) is 25.2 Å². The maximum Gasteiger partial charge on any atom is 0.258 e. The van der Waals surface area contributed by atoms with E-state index in [0.29, 0.717) is 13.1 Å². The van der Waals surface area contributed by atoms with Crippen molar-refractivity contribution in [2.75, 3.05) is 26.3 Å². The number of nitrogens with one attached hydrogen (secondary N) is 1. The number of piperidine rings is 1. The lowest BCUT2D eigenvalue weighted by Gasteiger charge is -2.52. The molecule has 2 amide bonds. The van der Waals surface area contributed by atoms with E-state index >= 15 is 0 Å². The largest absolute Gasteiger partial charge is 0.484 e. The van der Waals surface area contributed by atoms with E-state index in [9.17, 15) is 14.0 Å². The number of carbonyl (C=O) groups excluding carboxylic acids is 2. The lowest BCUT2D eigenvalue weighted by atomic mass is 9.60. The van der Waals surface area contributed by atoms with Gasteiger partial charge in [-0.05, 0) is 56.1 Å². The van der Waals surface area contributed by atoms with Crippen molar-refractivity contribution in [1.82, 2.24) is 10.2 Å². The maximum atomic E-state index is 13.4. The first-order valence-corrected chi connectivity index (χ1v) is 11.4. The van der Waals surface area contributed by atoms with Crippen LogP contribution in [0, 0.1) is 28.5 Å². The molecule has 3 aliphatic rings. The van der Waals surface area contributed by atoms with Gasteiger partial charge in [-0.25, -0.2) is 4.39 Å². The zero-order valence-electron chi connectivity index (χ0n) is 17.8. The molecule has 32 heavy (non-hydrogen) atoms. The molecule has 2 aliphatic carbocycles. The molecule has 1 heterocycles. The smallest absolute Gasteiger partial charge is 0.258 e. The van der Waals surface area contributed by atoms with Crippen molar-refractivity contribution < 1.29 is 23.5 Å². The average Bonchev–Trinajstić information content (AvgIpc) is 2.73. The van der Waals surface area contributed by atoms with Gasteiger partial charge in [-0.3, -0.25) is 9.59 Å². The van der Waals surface area contributed by atoms with E-state index in [1.807, 2.05) is 4.90 Å². The molecular formula is C23H27ClFN3O4. The number of halogens is 2. The summed E-state index contributed by atoms with van der Waals surface area (Å²) in [6.07, 6.45) is 5.12. The second-order valence-corrected chi connectivity index (χ2v) is 9.56. The first kappa shape index (κ1) is 22.8. The predicted octanol–water partition coefficient (Wildman–Crippen LogP) is 3.06. The van der Waals surface area contributed by atoms with Crippen molar-refractivity contribution in [3.05, 3.63) is 29.0 Å². The molecule has 4 rings (SSSR count). The molecule has 1 saturated heterocycles. The number of carbonyl (C=O) groups is 2. The topological polar surface area (TPSA) is 91.7 Å². The summed E-state index contributed by atoms with van der Waals surface area (Å²) in [4.78, 5) is 26.4. The Morgan fingerprint density at radius 2 is 1.97 bits per heavy atom. The highest BCUT2D eigenvalue weighted by Gasteiger charge is 2.46. The molecule has 0 radical (unpaired) electrons. The summed E-state index contributed by atoms with van der Waals surface area (Å²) >= 11 is 5.63. The van der Waals surface area contributed by atoms with Gasteiger partial charge in [0.2, 0.25) is 5.91 Å². The first-order chi connectivity index (χ1) is 15.4. The van der Waals surface area contributed by atoms with Crippen molar-refractivity contribution in [2.24, 2.45) is 11.3 Å². The first-order valence-electron chi connectivity index (χ1n) is 11.0. The zero-order valence-corrected chi connectivity index (χ0v) is 18.6. The Hall–Kier alpha value is -2.37. The summed E-state index contributed by atoms with van der Waals surface area (Å²) in [6.45, 7) is 1.33. The minimum absolute atomic E-state index is 0.00828. The molecule has 1 aromatic rings. The lowest BCUT2D eigenvalue weighted by molar-refractivity contribution is -0.144. The number of rotatable bonds is 7. The fraction of sp³-hybridized carbons (Fsp3) is 0.609. The monoisotopic (exact) mass is 463 g/mol. The highest BCUT2D eigenvalue weighted by atomic mass is 35.5. The molecule has 0 unspecified atom stereocenters. The van der Waals surface area contributed by atoms with Crippen LogP contribution in [0.3, 0.4) is 0 Å². The van der Waals surface area contributed by atoms with E-state index in [0.717, 1.165) is 44.6 Å². The van der Waals surface area contributed by atoms with E-state index in [2.05, 4.69) is 11.4 Å². The van der Waals surface area contributed by atoms with E-state index in [1.165, 1.54) is 12.1 Å². The maximum absolute atomic E-state index is 13.4. The summed E-state index contributed by atoms with van der Waals surface area (Å²) in [5, 5.41) is 11.8. The molecule has 1 aliphatic heterocycles. The fourth-order valence-electron chi connectivity index (χ4n) is 4.80. The van der Waals surface area contributed by atoms with E-state index < -0.39 is 5.82 Å². The zero-order chi connectivity index (χ0) is 22.7. The molecule has 7 nitrogen and oxygen atoms in total. The highest BCUT2D eigenvalue weighted by molar-refractivity contribution is 6.30. The van der Waals surface area contributed by atoms with Gasteiger partial charge in [-0.1, -0.05) is 11.6 Å². The van der Waals surface area contributed by atoms with Gasteiger partial charge in [-0.15, -0.1) is 0 Å². The van der Waals surface area contributed by atoms with Crippen LogP contribution >= 0.6 is 11.6 Å². The number of amides is 2. The van der Waals surface area contributed by atoms with E-state index in [1.54, 1.807) is 0 Å². The summed E-state index contributed by atoms with van der Waals surface area (Å²) in [5.74, 6) is -0.475. The Labute approximate surface area is 191 Å². The molecule has 172 valence electrons. The van der Waals surface area contributed by atoms with Crippen LogP contribution in [0.5, 0.6) is 5.75 Å². The number of ether oxygens (including phenoxy) is 2. The highest BCUT2D eigenvalue weighted by Crippen LogP contribution is 2.49. The summed E-state index contributed by atoms with van der Waals surface area (Å²) < 4.78 is 24.4. The number of nitriles is 1. The van der Waals surface area contributed by atoms with Crippen LogP contribution in [0.2, 0.25) is 5.02 Å². The van der Waals surface area contributed by atoms with Crippen molar-refractivity contribution >= 4 is 23.4 Å². The summed E-state index contributed by atoms with van der Waals surface area (Å²) in [7, 11) is 0. The molecule has 3 fully saturated rings. The Morgan fingerprint density at radius 3 is 2.62 bits per heavy atom. The number of hydrogen-bond donors (Lipinski definition) is 1. The van der Waals surface area contributed by atoms with Crippen molar-refractivity contribution in [3.8, 4) is 11.8 Å². The molecular weight excluding hydrogens is 437 g/mol. The SMILES string of the molecule is N#C[C@H]1C[C@@H](OCC(=O)N2CCC3(CC2)CC(NC(=O)COc2ccc(Cl)c(F)c2)C3)C1. The van der Waals surface area contributed by atoms with Gasteiger partial charge >= 0.3 is 0 Å². The van der Waals surface area contributed by atoms with Crippen LogP contribution in [0.1, 0.15) is 38.5 Å². The Bertz CT molecular complexity index is 899. The van der Waals surface area contributed by atoms with Gasteiger partial charge < -0.3 is 19.7 Å². The predicted molar refractivity (Wildman–Crippen MR) is 114 cm³/mol. The summed E-state index contributed by atoms with van der Waals surface area (Å²) in [6, 6.07) is 6.38. The average molecular weight is 464 g/mol. The van der Waals surface area contributed by atoms with Gasteiger partial charge in [0.25, 0.3) is 5.91 Å². The van der Waals surface area contributed by atoms with Crippen LogP contribution in [-0.2, 0) is 14.3 Å². The minimum atomic E-state index is -0.586. The number of benzene rings is 1. The van der Waals surface area contributed by atoms with Gasteiger partial charge in [0.05, 0.1) is 23.1 Å². The van der Waals surface area contributed by atoms with Gasteiger partial charge in [-0.2, -0.15) is 5.26 Å². The van der Waals surface area contributed by atoms with Crippen molar-refractivity contribution in [2.45, 2.75) is 50.7 Å². The van der Waals surface area contributed by atoms with Crippen molar-refractivity contribution in [3.63, 3.8) is 0 Å². The molecule has 0 aromatic heterocycles. The third-order valence-corrected chi connectivity index (χ3v) is 7.19. The molecule has 1 spiro atoms. The fourth-order valence-corrected chi connectivity index (χ4v) is 4.92. The van der Waals surface area contributed by atoms with E-state index in [4.69, 9.17) is 26.3 Å². The van der Waals surface area contributed by atoms with Crippen LogP contribution < -0.4 is 10.1 Å². The Kier molecular flexibility index (Phi) is 6.87. The molecule has 0 bridgehead atoms. The summed E-state index contributed by atoms with van der Waals surface area (Å²) in [5.41, 5.74) is 0.184. The standard InChI is InChI=1S/C23H27ClFN3O4/c24-19-2-1-17(9-20(19)25)31-13-21(29)27-16-10-23(11-16)3-5-28(6-4-23)22(30)14-32-18-7-15(8-18)12-26/h1-2,9,15-16,18H,3-8,10-11,13-14H2,(H,27,29)/t15-,18+. The normalized spacial score (nSPS) is 24.2. The number of nitrogens with zero attached hydrogens (tertiary/aromatic N) is 2. The minimum Gasteiger partial charge on any atom is -0.484 e. The van der Waals surface area contributed by atoms with Crippen LogP contribution in [0.4, 0.5) is 4.39 Å². The van der Waals surface area contributed by atoms with Crippen LogP contribution in [-0.4, -0.2) is 55.2 Å². The second kappa shape index (κ2) is 9.63.